The van der Waals surface area contributed by atoms with E-state index in [2.05, 4.69) is 11.9 Å². The van der Waals surface area contributed by atoms with E-state index in [-0.39, 0.29) is 6.10 Å². The maximum absolute atomic E-state index is 11.8. The summed E-state index contributed by atoms with van der Waals surface area (Å²) in [7, 11) is 2.10. The molecule has 2 N–H and O–H groups in total. The number of ether oxygens (including phenoxy) is 2. The van der Waals surface area contributed by atoms with E-state index < -0.39 is 5.97 Å². The largest absolute Gasteiger partial charge is 0.488 e. The minimum atomic E-state index is -0.404. The van der Waals surface area contributed by atoms with Gasteiger partial charge in [-0.3, -0.25) is 0 Å². The van der Waals surface area contributed by atoms with Crippen molar-refractivity contribution in [3.8, 4) is 5.75 Å². The van der Waals surface area contributed by atoms with Gasteiger partial charge in [-0.2, -0.15) is 0 Å². The number of hydrogen-bond donors (Lipinski definition) is 1. The summed E-state index contributed by atoms with van der Waals surface area (Å²) < 4.78 is 10.9. The van der Waals surface area contributed by atoms with Crippen molar-refractivity contribution in [2.45, 2.75) is 25.9 Å². The van der Waals surface area contributed by atoms with Gasteiger partial charge in [0.1, 0.15) is 11.9 Å². The zero-order valence-corrected chi connectivity index (χ0v) is 12.1. The van der Waals surface area contributed by atoms with Crippen LogP contribution in [0.5, 0.6) is 5.75 Å². The lowest BCUT2D eigenvalue weighted by molar-refractivity contribution is 0.0526. The van der Waals surface area contributed by atoms with Crippen LogP contribution in [0.25, 0.3) is 0 Å². The molecule has 5 heteroatoms. The average Bonchev–Trinajstić information content (AvgIpc) is 2.44. The van der Waals surface area contributed by atoms with Gasteiger partial charge in [-0.25, -0.2) is 4.79 Å². The molecule has 1 heterocycles. The molecule has 1 aromatic rings. The number of rotatable bonds is 4. The van der Waals surface area contributed by atoms with E-state index >= 15 is 0 Å². The number of nitrogens with zero attached hydrogens (tertiary/aromatic N) is 1. The number of benzene rings is 1. The van der Waals surface area contributed by atoms with E-state index in [1.807, 2.05) is 0 Å². The topological polar surface area (TPSA) is 64.8 Å². The lowest BCUT2D eigenvalue weighted by Gasteiger charge is -2.29. The molecule has 0 atom stereocenters. The summed E-state index contributed by atoms with van der Waals surface area (Å²) in [4.78, 5) is 14.1. The van der Waals surface area contributed by atoms with E-state index in [1.54, 1.807) is 25.1 Å². The lowest BCUT2D eigenvalue weighted by Crippen LogP contribution is -2.35. The van der Waals surface area contributed by atoms with Crippen LogP contribution in [0.4, 0.5) is 5.69 Å². The SMILES string of the molecule is CCOC(=O)c1cccc(OC2CCN(C)CC2)c1N. The van der Waals surface area contributed by atoms with Crippen molar-refractivity contribution in [3.63, 3.8) is 0 Å². The second kappa shape index (κ2) is 6.61. The Morgan fingerprint density at radius 2 is 2.10 bits per heavy atom. The van der Waals surface area contributed by atoms with Crippen LogP contribution in [-0.4, -0.2) is 43.7 Å². The number of nitrogen functional groups attached to an aromatic ring is 1. The average molecular weight is 278 g/mol. The Hall–Kier alpha value is -1.75. The van der Waals surface area contributed by atoms with Gasteiger partial charge in [0.05, 0.1) is 17.9 Å². The van der Waals surface area contributed by atoms with E-state index in [0.717, 1.165) is 25.9 Å². The normalized spacial score (nSPS) is 16.9. The summed E-state index contributed by atoms with van der Waals surface area (Å²) in [6, 6.07) is 5.23. The highest BCUT2D eigenvalue weighted by molar-refractivity contribution is 5.96. The molecule has 1 aromatic carbocycles. The Bertz CT molecular complexity index is 468. The molecular weight excluding hydrogens is 256 g/mol. The summed E-state index contributed by atoms with van der Waals surface area (Å²) in [5, 5.41) is 0. The van der Waals surface area contributed by atoms with Crippen molar-refractivity contribution in [3.05, 3.63) is 23.8 Å². The summed E-state index contributed by atoms with van der Waals surface area (Å²) in [5.41, 5.74) is 6.76. The maximum atomic E-state index is 11.8. The molecule has 110 valence electrons. The zero-order chi connectivity index (χ0) is 14.5. The van der Waals surface area contributed by atoms with Crippen LogP contribution in [0, 0.1) is 0 Å². The number of esters is 1. The fourth-order valence-corrected chi connectivity index (χ4v) is 2.32. The second-order valence-corrected chi connectivity index (χ2v) is 5.06. The van der Waals surface area contributed by atoms with Crippen LogP contribution in [0.15, 0.2) is 18.2 Å². The fraction of sp³-hybridized carbons (Fsp3) is 0.533. The molecular formula is C15H22N2O3. The number of piperidine rings is 1. The fourth-order valence-electron chi connectivity index (χ4n) is 2.32. The van der Waals surface area contributed by atoms with Gasteiger partial charge >= 0.3 is 5.97 Å². The molecule has 1 fully saturated rings. The number of anilines is 1. The molecule has 0 radical (unpaired) electrons. The minimum Gasteiger partial charge on any atom is -0.488 e. The van der Waals surface area contributed by atoms with E-state index in [4.69, 9.17) is 15.2 Å². The highest BCUT2D eigenvalue weighted by Crippen LogP contribution is 2.28. The maximum Gasteiger partial charge on any atom is 0.340 e. The standard InChI is InChI=1S/C15H22N2O3/c1-3-19-15(18)12-5-4-6-13(14(12)16)20-11-7-9-17(2)10-8-11/h4-6,11H,3,7-10,16H2,1-2H3. The van der Waals surface area contributed by atoms with Crippen molar-refractivity contribution in [1.29, 1.82) is 0 Å². The molecule has 1 aliphatic rings. The van der Waals surface area contributed by atoms with Crippen molar-refractivity contribution in [2.24, 2.45) is 0 Å². The Morgan fingerprint density at radius 3 is 2.75 bits per heavy atom. The Kier molecular flexibility index (Phi) is 4.84. The molecule has 2 rings (SSSR count). The third-order valence-corrected chi connectivity index (χ3v) is 3.52. The van der Waals surface area contributed by atoms with Gasteiger partial charge in [0.2, 0.25) is 0 Å². The Labute approximate surface area is 119 Å². The predicted octanol–water partition coefficient (Wildman–Crippen LogP) is 1.92. The molecule has 0 bridgehead atoms. The second-order valence-electron chi connectivity index (χ2n) is 5.06. The number of hydrogen-bond acceptors (Lipinski definition) is 5. The third-order valence-electron chi connectivity index (χ3n) is 3.52. The summed E-state index contributed by atoms with van der Waals surface area (Å²) in [6.45, 7) is 4.13. The third kappa shape index (κ3) is 3.42. The number of carbonyl (C=O) groups is 1. The Morgan fingerprint density at radius 1 is 1.40 bits per heavy atom. The van der Waals surface area contributed by atoms with Gasteiger partial charge in [-0.05, 0) is 38.9 Å². The molecule has 1 saturated heterocycles. The molecule has 1 aliphatic heterocycles. The molecule has 0 unspecified atom stereocenters. The predicted molar refractivity (Wildman–Crippen MR) is 78.0 cm³/mol. The summed E-state index contributed by atoms with van der Waals surface area (Å²) >= 11 is 0. The smallest absolute Gasteiger partial charge is 0.340 e. The summed E-state index contributed by atoms with van der Waals surface area (Å²) in [5.74, 6) is 0.170. The Balaban J connectivity index is 2.08. The van der Waals surface area contributed by atoms with Gasteiger partial charge in [-0.1, -0.05) is 6.07 Å². The molecule has 20 heavy (non-hydrogen) atoms. The number of carbonyl (C=O) groups excluding carboxylic acids is 1. The first kappa shape index (κ1) is 14.7. The van der Waals surface area contributed by atoms with Gasteiger partial charge in [0, 0.05) is 13.1 Å². The van der Waals surface area contributed by atoms with E-state index in [0.29, 0.717) is 23.6 Å². The van der Waals surface area contributed by atoms with Crippen LogP contribution < -0.4 is 10.5 Å². The zero-order valence-electron chi connectivity index (χ0n) is 12.1. The van der Waals surface area contributed by atoms with Crippen LogP contribution in [0.3, 0.4) is 0 Å². The minimum absolute atomic E-state index is 0.158. The number of para-hydroxylation sites is 1. The first-order valence-corrected chi connectivity index (χ1v) is 7.02. The number of nitrogens with two attached hydrogens (primary N) is 1. The molecule has 0 aliphatic carbocycles. The molecule has 5 nitrogen and oxygen atoms in total. The van der Waals surface area contributed by atoms with Crippen LogP contribution in [0.2, 0.25) is 0 Å². The van der Waals surface area contributed by atoms with Gasteiger partial charge in [0.25, 0.3) is 0 Å². The van der Waals surface area contributed by atoms with E-state index in [1.165, 1.54) is 0 Å². The monoisotopic (exact) mass is 278 g/mol. The molecule has 0 saturated carbocycles. The van der Waals surface area contributed by atoms with Gasteiger partial charge < -0.3 is 20.1 Å². The van der Waals surface area contributed by atoms with Crippen LogP contribution in [-0.2, 0) is 4.74 Å². The van der Waals surface area contributed by atoms with Crippen LogP contribution >= 0.6 is 0 Å². The van der Waals surface area contributed by atoms with Crippen molar-refractivity contribution in [1.82, 2.24) is 4.90 Å². The van der Waals surface area contributed by atoms with Crippen molar-refractivity contribution >= 4 is 11.7 Å². The van der Waals surface area contributed by atoms with Gasteiger partial charge in [0.15, 0.2) is 0 Å². The molecule has 0 spiro atoms. The van der Waals surface area contributed by atoms with Gasteiger partial charge in [-0.15, -0.1) is 0 Å². The number of likely N-dealkylation sites (tertiary alicyclic amines) is 1. The first-order valence-electron chi connectivity index (χ1n) is 7.02. The first-order chi connectivity index (χ1) is 9.61. The molecule has 0 amide bonds. The highest BCUT2D eigenvalue weighted by atomic mass is 16.5. The van der Waals surface area contributed by atoms with E-state index in [9.17, 15) is 4.79 Å². The van der Waals surface area contributed by atoms with Crippen molar-refractivity contribution in [2.75, 3.05) is 32.5 Å². The van der Waals surface area contributed by atoms with Crippen molar-refractivity contribution < 1.29 is 14.3 Å². The highest BCUT2D eigenvalue weighted by Gasteiger charge is 2.20. The lowest BCUT2D eigenvalue weighted by atomic mass is 10.1. The molecule has 0 aromatic heterocycles. The summed E-state index contributed by atoms with van der Waals surface area (Å²) in [6.07, 6.45) is 2.10. The van der Waals surface area contributed by atoms with Crippen LogP contribution in [0.1, 0.15) is 30.1 Å². The quantitative estimate of drug-likeness (QED) is 0.673.